The normalized spacial score (nSPS) is 12.4. The van der Waals surface area contributed by atoms with Crippen molar-refractivity contribution in [1.82, 2.24) is 9.97 Å². The Kier molecular flexibility index (Phi) is 7.97. The minimum atomic E-state index is -2.84. The molecule has 1 aromatic carbocycles. The molecule has 1 aliphatic rings. The van der Waals surface area contributed by atoms with E-state index in [1.165, 1.54) is 49.6 Å². The highest BCUT2D eigenvalue weighted by Crippen LogP contribution is 2.37. The summed E-state index contributed by atoms with van der Waals surface area (Å²) in [4.78, 5) is 23.4. The quantitative estimate of drug-likeness (QED) is 0.215. The number of ether oxygens (including phenoxy) is 2. The van der Waals surface area contributed by atoms with E-state index in [4.69, 9.17) is 20.3 Å². The van der Waals surface area contributed by atoms with Gasteiger partial charge in [-0.2, -0.15) is 0 Å². The number of hydrogen-bond acceptors (Lipinski definition) is 8. The molecule has 0 aliphatic heterocycles. The molecule has 0 bridgehead atoms. The van der Waals surface area contributed by atoms with Crippen LogP contribution in [0.25, 0.3) is 11.1 Å². The first kappa shape index (κ1) is 26.7. The van der Waals surface area contributed by atoms with Crippen LogP contribution in [0.2, 0.25) is 0 Å². The predicted octanol–water partition coefficient (Wildman–Crippen LogP) is 5.55. The number of carbonyl (C=O) groups is 1. The summed E-state index contributed by atoms with van der Waals surface area (Å²) in [7, 11) is 2.91. The Hall–Kier alpha value is -4.37. The van der Waals surface area contributed by atoms with Crippen molar-refractivity contribution in [2.24, 2.45) is 5.92 Å². The van der Waals surface area contributed by atoms with Gasteiger partial charge in [-0.25, -0.2) is 13.8 Å². The van der Waals surface area contributed by atoms with Crippen LogP contribution < -0.4 is 15.0 Å². The number of rotatable bonds is 6. The van der Waals surface area contributed by atoms with Crippen molar-refractivity contribution in [3.8, 4) is 28.7 Å². The second kappa shape index (κ2) is 11.4. The van der Waals surface area contributed by atoms with Crippen LogP contribution in [-0.2, 0) is 4.74 Å². The van der Waals surface area contributed by atoms with E-state index in [-0.39, 0.29) is 34.4 Å². The SMILES string of the molecule is COc1cnc(C(F)F)cc1-c1cc(N(C)C(=N)OC(C)=N)ccc1C(=O)Nc1ncc(C#CC2CC2)s1. The lowest BCUT2D eigenvalue weighted by atomic mass is 9.97. The molecule has 12 heteroatoms. The van der Waals surface area contributed by atoms with Gasteiger partial charge in [0, 0.05) is 42.3 Å². The number of benzene rings is 1. The minimum Gasteiger partial charge on any atom is -0.494 e. The van der Waals surface area contributed by atoms with E-state index in [0.29, 0.717) is 16.7 Å². The molecular weight excluding hydrogens is 514 g/mol. The van der Waals surface area contributed by atoms with E-state index in [0.717, 1.165) is 23.8 Å². The number of hydrogen-bond donors (Lipinski definition) is 3. The van der Waals surface area contributed by atoms with Gasteiger partial charge in [0.1, 0.15) is 11.4 Å². The standard InChI is InChI=1S/C26H24F2N6O3S/c1-14(29)37-25(30)34(2)16-7-9-18(19(10-16)20-11-21(23(27)28)31-13-22(20)36-3)24(35)33-26-32-12-17(38-26)8-6-15-4-5-15/h7,9-13,15,23,29-30H,4-5H2,1-3H3,(H,32,33,35). The topological polar surface area (TPSA) is 124 Å². The van der Waals surface area contributed by atoms with E-state index >= 15 is 0 Å². The summed E-state index contributed by atoms with van der Waals surface area (Å²) in [5.41, 5.74) is 0.553. The summed E-state index contributed by atoms with van der Waals surface area (Å²) in [6.07, 6.45) is 2.12. The number of aromatic nitrogens is 2. The average molecular weight is 539 g/mol. The highest BCUT2D eigenvalue weighted by atomic mass is 32.1. The number of halogens is 2. The number of amides is 1. The van der Waals surface area contributed by atoms with Crippen molar-refractivity contribution >= 4 is 40.0 Å². The number of thiazole rings is 1. The van der Waals surface area contributed by atoms with Crippen molar-refractivity contribution in [1.29, 1.82) is 10.8 Å². The van der Waals surface area contributed by atoms with Gasteiger partial charge in [-0.3, -0.25) is 30.8 Å². The third kappa shape index (κ3) is 6.30. The summed E-state index contributed by atoms with van der Waals surface area (Å²) in [6.45, 7) is 1.39. The monoisotopic (exact) mass is 538 g/mol. The third-order valence-electron chi connectivity index (χ3n) is 5.51. The Balaban J connectivity index is 1.74. The fourth-order valence-corrected chi connectivity index (χ4v) is 4.07. The molecule has 3 N–H and O–H groups in total. The molecule has 0 atom stereocenters. The summed E-state index contributed by atoms with van der Waals surface area (Å²) in [5.74, 6) is 6.11. The van der Waals surface area contributed by atoms with Gasteiger partial charge in [0.2, 0.25) is 0 Å². The summed E-state index contributed by atoms with van der Waals surface area (Å²) >= 11 is 1.24. The van der Waals surface area contributed by atoms with Crippen LogP contribution in [0.5, 0.6) is 5.75 Å². The van der Waals surface area contributed by atoms with E-state index < -0.39 is 18.0 Å². The lowest BCUT2D eigenvalue weighted by Gasteiger charge is -2.21. The van der Waals surface area contributed by atoms with Crippen LogP contribution >= 0.6 is 11.3 Å². The maximum absolute atomic E-state index is 13.5. The Bertz CT molecular complexity index is 1460. The molecule has 9 nitrogen and oxygen atoms in total. The van der Waals surface area contributed by atoms with Gasteiger partial charge in [0.25, 0.3) is 18.4 Å². The Morgan fingerprint density at radius 1 is 1.21 bits per heavy atom. The number of methoxy groups -OCH3 is 1. The number of nitrogens with zero attached hydrogens (tertiary/aromatic N) is 3. The predicted molar refractivity (Wildman–Crippen MR) is 141 cm³/mol. The van der Waals surface area contributed by atoms with E-state index in [9.17, 15) is 13.6 Å². The molecule has 2 heterocycles. The molecule has 38 heavy (non-hydrogen) atoms. The molecule has 0 spiro atoms. The summed E-state index contributed by atoms with van der Waals surface area (Å²) in [5, 5.41) is 18.7. The molecular formula is C26H24F2N6O3S. The van der Waals surface area contributed by atoms with Gasteiger partial charge in [0.15, 0.2) is 11.0 Å². The van der Waals surface area contributed by atoms with Crippen molar-refractivity contribution in [3.05, 3.63) is 52.8 Å². The molecule has 1 fully saturated rings. The molecule has 1 saturated carbocycles. The summed E-state index contributed by atoms with van der Waals surface area (Å²) < 4.78 is 37.5. The van der Waals surface area contributed by atoms with E-state index in [1.54, 1.807) is 18.3 Å². The maximum Gasteiger partial charge on any atom is 0.295 e. The van der Waals surface area contributed by atoms with Crippen LogP contribution in [0.15, 0.2) is 36.7 Å². The molecule has 0 unspecified atom stereocenters. The fourth-order valence-electron chi connectivity index (χ4n) is 3.40. The first-order valence-electron chi connectivity index (χ1n) is 11.5. The van der Waals surface area contributed by atoms with Crippen LogP contribution in [-0.4, -0.2) is 42.0 Å². The highest BCUT2D eigenvalue weighted by Gasteiger charge is 2.22. The van der Waals surface area contributed by atoms with Crippen LogP contribution in [0.4, 0.5) is 19.6 Å². The Morgan fingerprint density at radius 2 is 1.97 bits per heavy atom. The number of carbonyl (C=O) groups excluding carboxylic acids is 1. The minimum absolute atomic E-state index is 0.156. The van der Waals surface area contributed by atoms with Crippen LogP contribution in [0.3, 0.4) is 0 Å². The molecule has 4 rings (SSSR count). The van der Waals surface area contributed by atoms with E-state index in [2.05, 4.69) is 27.1 Å². The molecule has 0 saturated heterocycles. The molecule has 3 aromatic rings. The first-order chi connectivity index (χ1) is 18.2. The van der Waals surface area contributed by atoms with Crippen LogP contribution in [0.1, 0.15) is 47.1 Å². The van der Waals surface area contributed by atoms with Gasteiger partial charge in [0.05, 0.1) is 24.4 Å². The number of amidine groups is 1. The fraction of sp³-hybridized carbons (Fsp3) is 0.269. The molecule has 1 aliphatic carbocycles. The number of alkyl halides is 2. The summed E-state index contributed by atoms with van der Waals surface area (Å²) in [6, 6.07) is 5.46. The van der Waals surface area contributed by atoms with Gasteiger partial charge in [-0.05, 0) is 37.1 Å². The smallest absolute Gasteiger partial charge is 0.295 e. The van der Waals surface area contributed by atoms with Gasteiger partial charge in [-0.15, -0.1) is 0 Å². The lowest BCUT2D eigenvalue weighted by molar-refractivity contribution is 0.102. The third-order valence-corrected chi connectivity index (χ3v) is 6.34. The molecule has 196 valence electrons. The van der Waals surface area contributed by atoms with Crippen molar-refractivity contribution < 1.29 is 23.0 Å². The largest absolute Gasteiger partial charge is 0.494 e. The zero-order chi connectivity index (χ0) is 27.4. The maximum atomic E-state index is 13.5. The molecule has 2 aromatic heterocycles. The molecule has 1 amide bonds. The van der Waals surface area contributed by atoms with Crippen molar-refractivity contribution in [2.45, 2.75) is 26.2 Å². The second-order valence-corrected chi connectivity index (χ2v) is 9.42. The number of pyridine rings is 1. The van der Waals surface area contributed by atoms with Gasteiger partial charge in [-0.1, -0.05) is 23.2 Å². The van der Waals surface area contributed by atoms with Crippen molar-refractivity contribution in [2.75, 3.05) is 24.4 Å². The number of anilines is 2. The average Bonchev–Trinajstić information content (AvgIpc) is 3.63. The van der Waals surface area contributed by atoms with Crippen molar-refractivity contribution in [3.63, 3.8) is 0 Å². The Morgan fingerprint density at radius 3 is 2.63 bits per heavy atom. The number of nitrogens with one attached hydrogen (secondary N) is 3. The zero-order valence-electron chi connectivity index (χ0n) is 20.8. The first-order valence-corrected chi connectivity index (χ1v) is 12.3. The second-order valence-electron chi connectivity index (χ2n) is 8.39. The van der Waals surface area contributed by atoms with Crippen LogP contribution in [0, 0.1) is 28.6 Å². The molecule has 0 radical (unpaired) electrons. The van der Waals surface area contributed by atoms with Gasteiger partial charge >= 0.3 is 0 Å². The highest BCUT2D eigenvalue weighted by molar-refractivity contribution is 7.16. The zero-order valence-corrected chi connectivity index (χ0v) is 21.6. The van der Waals surface area contributed by atoms with Gasteiger partial charge < -0.3 is 9.47 Å². The van der Waals surface area contributed by atoms with E-state index in [1.807, 2.05) is 0 Å². The Labute approximate surface area is 221 Å². The lowest BCUT2D eigenvalue weighted by Crippen LogP contribution is -2.29.